The Labute approximate surface area is 130 Å². The zero-order valence-electron chi connectivity index (χ0n) is 13.2. The van der Waals surface area contributed by atoms with Crippen LogP contribution in [0.3, 0.4) is 0 Å². The minimum Gasteiger partial charge on any atom is -0.349 e. The summed E-state index contributed by atoms with van der Waals surface area (Å²) in [7, 11) is 0. The van der Waals surface area contributed by atoms with Crippen LogP contribution in [0.1, 0.15) is 54.6 Å². The molecule has 2 N–H and O–H groups in total. The third kappa shape index (κ3) is 2.99. The molecule has 1 aliphatic carbocycles. The van der Waals surface area contributed by atoms with E-state index in [1.165, 1.54) is 10.6 Å². The van der Waals surface area contributed by atoms with E-state index in [0.29, 0.717) is 17.9 Å². The van der Waals surface area contributed by atoms with Crippen molar-refractivity contribution in [3.63, 3.8) is 0 Å². The monoisotopic (exact) mass is 307 g/mol. The zero-order valence-corrected chi connectivity index (χ0v) is 14.0. The summed E-state index contributed by atoms with van der Waals surface area (Å²) in [5.74, 6) is 0.924. The van der Waals surface area contributed by atoms with Gasteiger partial charge in [-0.3, -0.25) is 4.79 Å². The lowest BCUT2D eigenvalue weighted by molar-refractivity contribution is -0.123. The Kier molecular flexibility index (Phi) is 4.06. The number of nitrogens with one attached hydrogen (secondary N) is 2. The maximum atomic E-state index is 12.3. The topological polar surface area (TPSA) is 54.0 Å². The first-order valence-electron chi connectivity index (χ1n) is 7.96. The number of aromatic nitrogens is 1. The molecule has 1 aliphatic heterocycles. The summed E-state index contributed by atoms with van der Waals surface area (Å²) in [6.07, 6.45) is 3.38. The van der Waals surface area contributed by atoms with E-state index in [4.69, 9.17) is 0 Å². The Morgan fingerprint density at radius 2 is 2.19 bits per heavy atom. The molecule has 5 heteroatoms. The van der Waals surface area contributed by atoms with Gasteiger partial charge in [0.15, 0.2) is 0 Å². The standard InChI is InChI=1S/C16H25N3OS/c1-10(2)14-11(3)21-13(19-14)9-18-15(20)12-8-16(12)4-6-17-7-5-16/h10,12,17H,4-9H2,1-3H3,(H,18,20). The van der Waals surface area contributed by atoms with Crippen LogP contribution in [0.2, 0.25) is 0 Å². The number of piperidine rings is 1. The van der Waals surface area contributed by atoms with Crippen LogP contribution in [0.4, 0.5) is 0 Å². The molecule has 4 nitrogen and oxygen atoms in total. The number of thiazole rings is 1. The zero-order chi connectivity index (χ0) is 15.0. The van der Waals surface area contributed by atoms with E-state index in [2.05, 4.69) is 36.4 Å². The first-order valence-corrected chi connectivity index (χ1v) is 8.78. The largest absolute Gasteiger partial charge is 0.349 e. The molecule has 2 heterocycles. The van der Waals surface area contributed by atoms with Gasteiger partial charge in [-0.05, 0) is 50.6 Å². The van der Waals surface area contributed by atoms with E-state index in [-0.39, 0.29) is 11.8 Å². The minimum atomic E-state index is 0.232. The van der Waals surface area contributed by atoms with Crippen molar-refractivity contribution < 1.29 is 4.79 Å². The van der Waals surface area contributed by atoms with E-state index in [1.807, 2.05) is 0 Å². The maximum absolute atomic E-state index is 12.3. The number of carbonyl (C=O) groups excluding carboxylic acids is 1. The van der Waals surface area contributed by atoms with Crippen LogP contribution >= 0.6 is 11.3 Å². The Bertz CT molecular complexity index is 532. The van der Waals surface area contributed by atoms with Gasteiger partial charge in [0.2, 0.25) is 5.91 Å². The number of hydrogen-bond donors (Lipinski definition) is 2. The molecule has 2 aliphatic rings. The summed E-state index contributed by atoms with van der Waals surface area (Å²) in [5, 5.41) is 7.51. The molecule has 116 valence electrons. The molecular formula is C16H25N3OS. The third-order valence-corrected chi connectivity index (χ3v) is 5.93. The second-order valence-corrected chi connectivity index (χ2v) is 8.08. The average Bonchev–Trinajstić information content (AvgIpc) is 3.00. The highest BCUT2D eigenvalue weighted by molar-refractivity contribution is 7.11. The van der Waals surface area contributed by atoms with Gasteiger partial charge in [-0.25, -0.2) is 4.98 Å². The third-order valence-electron chi connectivity index (χ3n) is 4.94. The first-order chi connectivity index (χ1) is 10.0. The molecule has 1 saturated heterocycles. The number of nitrogens with zero attached hydrogens (tertiary/aromatic N) is 1. The first kappa shape index (κ1) is 15.0. The highest BCUT2D eigenvalue weighted by atomic mass is 32.1. The highest BCUT2D eigenvalue weighted by Crippen LogP contribution is 2.58. The molecule has 1 unspecified atom stereocenters. The molecule has 1 atom stereocenters. The summed E-state index contributed by atoms with van der Waals surface area (Å²) in [6, 6.07) is 0. The van der Waals surface area contributed by atoms with Gasteiger partial charge in [0.1, 0.15) is 5.01 Å². The summed E-state index contributed by atoms with van der Waals surface area (Å²) in [5.41, 5.74) is 1.49. The van der Waals surface area contributed by atoms with Gasteiger partial charge in [0, 0.05) is 10.8 Å². The molecule has 2 fully saturated rings. The Hall–Kier alpha value is -0.940. The van der Waals surface area contributed by atoms with Gasteiger partial charge in [0.05, 0.1) is 12.2 Å². The molecule has 1 aromatic heterocycles. The van der Waals surface area contributed by atoms with Crippen LogP contribution in [0.5, 0.6) is 0 Å². The van der Waals surface area contributed by atoms with Gasteiger partial charge in [-0.1, -0.05) is 13.8 Å². The van der Waals surface area contributed by atoms with E-state index >= 15 is 0 Å². The van der Waals surface area contributed by atoms with Crippen molar-refractivity contribution in [3.8, 4) is 0 Å². The number of hydrogen-bond acceptors (Lipinski definition) is 4. The number of amides is 1. The maximum Gasteiger partial charge on any atom is 0.224 e. The summed E-state index contributed by atoms with van der Waals surface area (Å²) >= 11 is 1.71. The van der Waals surface area contributed by atoms with E-state index in [9.17, 15) is 4.79 Å². The van der Waals surface area contributed by atoms with E-state index in [1.54, 1.807) is 11.3 Å². The molecule has 21 heavy (non-hydrogen) atoms. The van der Waals surface area contributed by atoms with Crippen molar-refractivity contribution in [2.75, 3.05) is 13.1 Å². The number of carbonyl (C=O) groups is 1. The highest BCUT2D eigenvalue weighted by Gasteiger charge is 2.57. The predicted molar refractivity (Wildman–Crippen MR) is 85.4 cm³/mol. The Balaban J connectivity index is 1.54. The molecule has 0 bridgehead atoms. The van der Waals surface area contributed by atoms with Gasteiger partial charge in [-0.15, -0.1) is 11.3 Å². The molecule has 0 aromatic carbocycles. The molecule has 3 rings (SSSR count). The Morgan fingerprint density at radius 3 is 2.81 bits per heavy atom. The second kappa shape index (κ2) is 5.69. The van der Waals surface area contributed by atoms with Crippen LogP contribution in [0.25, 0.3) is 0 Å². The minimum absolute atomic E-state index is 0.232. The lowest BCUT2D eigenvalue weighted by Gasteiger charge is -2.23. The summed E-state index contributed by atoms with van der Waals surface area (Å²) in [6.45, 7) is 9.15. The molecule has 0 radical (unpaired) electrons. The normalized spacial score (nSPS) is 23.5. The number of rotatable bonds is 4. The van der Waals surface area contributed by atoms with Crippen LogP contribution in [0.15, 0.2) is 0 Å². The molecule has 1 aromatic rings. The van der Waals surface area contributed by atoms with Gasteiger partial charge >= 0.3 is 0 Å². The average molecular weight is 307 g/mol. The molecular weight excluding hydrogens is 282 g/mol. The van der Waals surface area contributed by atoms with Crippen molar-refractivity contribution in [2.24, 2.45) is 11.3 Å². The summed E-state index contributed by atoms with van der Waals surface area (Å²) < 4.78 is 0. The fourth-order valence-electron chi connectivity index (χ4n) is 3.56. The quantitative estimate of drug-likeness (QED) is 0.899. The second-order valence-electron chi connectivity index (χ2n) is 6.79. The van der Waals surface area contributed by atoms with Gasteiger partial charge in [0.25, 0.3) is 0 Å². The van der Waals surface area contributed by atoms with Crippen molar-refractivity contribution in [1.29, 1.82) is 0 Å². The summed E-state index contributed by atoms with van der Waals surface area (Å²) in [4.78, 5) is 18.3. The van der Waals surface area contributed by atoms with Gasteiger partial charge < -0.3 is 10.6 Å². The van der Waals surface area contributed by atoms with Crippen LogP contribution < -0.4 is 10.6 Å². The molecule has 1 saturated carbocycles. The van der Waals surface area contributed by atoms with Crippen molar-refractivity contribution in [1.82, 2.24) is 15.6 Å². The lowest BCUT2D eigenvalue weighted by Crippen LogP contribution is -2.33. The van der Waals surface area contributed by atoms with E-state index in [0.717, 1.165) is 37.4 Å². The van der Waals surface area contributed by atoms with E-state index < -0.39 is 0 Å². The predicted octanol–water partition coefficient (Wildman–Crippen LogP) is 2.58. The molecule has 1 spiro atoms. The molecule has 1 amide bonds. The SMILES string of the molecule is Cc1sc(CNC(=O)C2CC23CCNCC3)nc1C(C)C. The number of aryl methyl sites for hydroxylation is 1. The van der Waals surface area contributed by atoms with Crippen LogP contribution in [-0.2, 0) is 11.3 Å². The van der Waals surface area contributed by atoms with Crippen molar-refractivity contribution in [3.05, 3.63) is 15.6 Å². The fourth-order valence-corrected chi connectivity index (χ4v) is 4.59. The van der Waals surface area contributed by atoms with Crippen LogP contribution in [-0.4, -0.2) is 24.0 Å². The van der Waals surface area contributed by atoms with Gasteiger partial charge in [-0.2, -0.15) is 0 Å². The van der Waals surface area contributed by atoms with Crippen LogP contribution in [0, 0.1) is 18.3 Å². The smallest absolute Gasteiger partial charge is 0.224 e. The van der Waals surface area contributed by atoms with Crippen molar-refractivity contribution in [2.45, 2.75) is 52.5 Å². The Morgan fingerprint density at radius 1 is 1.48 bits per heavy atom. The fraction of sp³-hybridized carbons (Fsp3) is 0.750. The van der Waals surface area contributed by atoms with Crippen molar-refractivity contribution >= 4 is 17.2 Å². The lowest BCUT2D eigenvalue weighted by atomic mass is 9.92.